The Morgan fingerprint density at radius 1 is 1.24 bits per heavy atom. The van der Waals surface area contributed by atoms with Gasteiger partial charge in [-0.1, -0.05) is 35.9 Å². The fourth-order valence-electron chi connectivity index (χ4n) is 2.07. The zero-order valence-corrected chi connectivity index (χ0v) is 14.8. The zero-order chi connectivity index (χ0) is 17.5. The van der Waals surface area contributed by atoms with Crippen LogP contribution in [-0.2, 0) is 11.4 Å². The van der Waals surface area contributed by atoms with Gasteiger partial charge in [-0.3, -0.25) is 10.1 Å². The lowest BCUT2D eigenvalue weighted by Gasteiger charge is -2.07. The van der Waals surface area contributed by atoms with Gasteiger partial charge in [-0.05, 0) is 41.5 Å². The number of ether oxygens (including phenoxy) is 1. The van der Waals surface area contributed by atoms with Crippen molar-refractivity contribution < 1.29 is 9.53 Å². The molecule has 1 heterocycles. The van der Waals surface area contributed by atoms with Crippen LogP contribution >= 0.6 is 22.9 Å². The molecule has 3 rings (SSSR count). The molecule has 3 aromatic rings. The molecule has 0 spiro atoms. The van der Waals surface area contributed by atoms with Gasteiger partial charge in [-0.2, -0.15) is 0 Å². The second-order valence-corrected chi connectivity index (χ2v) is 6.48. The van der Waals surface area contributed by atoms with E-state index < -0.39 is 0 Å². The third-order valence-corrected chi connectivity index (χ3v) is 4.19. The maximum absolute atomic E-state index is 11.8. The van der Waals surface area contributed by atoms with Crippen LogP contribution in [0.3, 0.4) is 0 Å². The lowest BCUT2D eigenvalue weighted by Crippen LogP contribution is -2.06. The van der Waals surface area contributed by atoms with Crippen molar-refractivity contribution in [3.63, 3.8) is 0 Å². The van der Waals surface area contributed by atoms with E-state index in [0.717, 1.165) is 16.9 Å². The molecule has 6 heteroatoms. The molecule has 0 aliphatic heterocycles. The van der Waals surface area contributed by atoms with Gasteiger partial charge in [-0.25, -0.2) is 4.98 Å². The summed E-state index contributed by atoms with van der Waals surface area (Å²) in [7, 11) is 0. The number of carbonyl (C=O) groups excluding carboxylic acids is 1. The quantitative estimate of drug-likeness (QED) is 0.619. The average Bonchev–Trinajstić information content (AvgIpc) is 3.12. The molecule has 0 fully saturated rings. The summed E-state index contributed by atoms with van der Waals surface area (Å²) in [6.45, 7) is 0.450. The number of aromatic nitrogens is 1. The Kier molecular flexibility index (Phi) is 5.82. The number of anilines is 1. The van der Waals surface area contributed by atoms with Crippen LogP contribution in [0.15, 0.2) is 66.2 Å². The summed E-state index contributed by atoms with van der Waals surface area (Å²) in [5.41, 5.74) is 1.92. The average molecular weight is 371 g/mol. The first-order chi connectivity index (χ1) is 12.2. The smallest absolute Gasteiger partial charge is 0.250 e. The van der Waals surface area contributed by atoms with E-state index in [1.54, 1.807) is 17.7 Å². The van der Waals surface area contributed by atoms with Gasteiger partial charge in [0.15, 0.2) is 5.13 Å². The second kappa shape index (κ2) is 8.46. The van der Waals surface area contributed by atoms with Crippen molar-refractivity contribution in [3.05, 3.63) is 82.3 Å². The number of amides is 1. The van der Waals surface area contributed by atoms with Crippen LogP contribution in [0.5, 0.6) is 5.75 Å². The summed E-state index contributed by atoms with van der Waals surface area (Å²) in [5.74, 6) is 0.542. The molecular weight excluding hydrogens is 356 g/mol. The minimum absolute atomic E-state index is 0.212. The highest BCUT2D eigenvalue weighted by molar-refractivity contribution is 7.13. The monoisotopic (exact) mass is 370 g/mol. The topological polar surface area (TPSA) is 51.2 Å². The van der Waals surface area contributed by atoms with Gasteiger partial charge in [0, 0.05) is 22.7 Å². The predicted molar refractivity (Wildman–Crippen MR) is 102 cm³/mol. The number of benzene rings is 2. The van der Waals surface area contributed by atoms with E-state index in [1.165, 1.54) is 17.4 Å². The highest BCUT2D eigenvalue weighted by Gasteiger charge is 2.00. The molecule has 0 saturated carbocycles. The van der Waals surface area contributed by atoms with Crippen molar-refractivity contribution in [2.45, 2.75) is 6.61 Å². The van der Waals surface area contributed by atoms with Crippen molar-refractivity contribution in [1.82, 2.24) is 4.98 Å². The highest BCUT2D eigenvalue weighted by Crippen LogP contribution is 2.17. The highest BCUT2D eigenvalue weighted by atomic mass is 35.5. The van der Waals surface area contributed by atoms with Gasteiger partial charge in [0.1, 0.15) is 12.4 Å². The Morgan fingerprint density at radius 3 is 2.80 bits per heavy atom. The summed E-state index contributed by atoms with van der Waals surface area (Å²) in [6, 6.07) is 15.1. The number of thiazole rings is 1. The number of nitrogens with one attached hydrogen (secondary N) is 1. The zero-order valence-electron chi connectivity index (χ0n) is 13.2. The van der Waals surface area contributed by atoms with Crippen LogP contribution in [0.2, 0.25) is 5.02 Å². The summed E-state index contributed by atoms with van der Waals surface area (Å²) in [4.78, 5) is 15.8. The minimum Gasteiger partial charge on any atom is -0.489 e. The molecule has 25 heavy (non-hydrogen) atoms. The number of rotatable bonds is 6. The van der Waals surface area contributed by atoms with E-state index in [9.17, 15) is 4.79 Å². The third kappa shape index (κ3) is 5.45. The van der Waals surface area contributed by atoms with Crippen LogP contribution in [0, 0.1) is 0 Å². The first kappa shape index (κ1) is 17.2. The van der Waals surface area contributed by atoms with Crippen molar-refractivity contribution >= 4 is 40.1 Å². The Labute approximate surface area is 154 Å². The molecule has 0 unspecified atom stereocenters. The molecule has 4 nitrogen and oxygen atoms in total. The standard InChI is InChI=1S/C19H15ClN2O2S/c20-16-3-1-2-15(12-16)13-24-17-7-4-14(5-8-17)6-9-18(23)22-19-21-10-11-25-19/h1-12H,13H2,(H,21,22,23)/b9-6+. The van der Waals surface area contributed by atoms with E-state index in [2.05, 4.69) is 10.3 Å². The Hall–Kier alpha value is -2.63. The molecule has 0 bridgehead atoms. The Balaban J connectivity index is 1.53. The molecule has 0 radical (unpaired) electrons. The largest absolute Gasteiger partial charge is 0.489 e. The van der Waals surface area contributed by atoms with Crippen LogP contribution < -0.4 is 10.1 Å². The first-order valence-electron chi connectivity index (χ1n) is 7.55. The first-order valence-corrected chi connectivity index (χ1v) is 8.81. The molecule has 0 saturated heterocycles. The predicted octanol–water partition coefficient (Wildman–Crippen LogP) is 5.03. The molecule has 0 aliphatic rings. The number of hydrogen-bond acceptors (Lipinski definition) is 4. The van der Waals surface area contributed by atoms with E-state index in [1.807, 2.05) is 48.5 Å². The molecule has 0 atom stereocenters. The fraction of sp³-hybridized carbons (Fsp3) is 0.0526. The number of nitrogens with zero attached hydrogens (tertiary/aromatic N) is 1. The van der Waals surface area contributed by atoms with Gasteiger partial charge in [0.2, 0.25) is 5.91 Å². The number of hydrogen-bond donors (Lipinski definition) is 1. The lowest BCUT2D eigenvalue weighted by atomic mass is 10.2. The molecule has 0 aliphatic carbocycles. The Morgan fingerprint density at radius 2 is 2.08 bits per heavy atom. The van der Waals surface area contributed by atoms with Crippen LogP contribution in [0.1, 0.15) is 11.1 Å². The van der Waals surface area contributed by atoms with Crippen molar-refractivity contribution in [3.8, 4) is 5.75 Å². The molecule has 1 aromatic heterocycles. The molecule has 2 aromatic carbocycles. The Bertz CT molecular complexity index is 861. The molecule has 1 amide bonds. The SMILES string of the molecule is O=C(/C=C/c1ccc(OCc2cccc(Cl)c2)cc1)Nc1nccs1. The van der Waals surface area contributed by atoms with Crippen LogP contribution in [0.4, 0.5) is 5.13 Å². The maximum Gasteiger partial charge on any atom is 0.250 e. The molecule has 126 valence electrons. The van der Waals surface area contributed by atoms with E-state index in [0.29, 0.717) is 16.8 Å². The van der Waals surface area contributed by atoms with E-state index >= 15 is 0 Å². The van der Waals surface area contributed by atoms with Crippen molar-refractivity contribution in [2.75, 3.05) is 5.32 Å². The van der Waals surface area contributed by atoms with Gasteiger partial charge >= 0.3 is 0 Å². The van der Waals surface area contributed by atoms with Gasteiger partial charge < -0.3 is 4.74 Å². The number of carbonyl (C=O) groups is 1. The summed E-state index contributed by atoms with van der Waals surface area (Å²) < 4.78 is 5.73. The van der Waals surface area contributed by atoms with Gasteiger partial charge in [0.05, 0.1) is 0 Å². The lowest BCUT2D eigenvalue weighted by molar-refractivity contribution is -0.111. The normalized spacial score (nSPS) is 10.8. The fourth-order valence-corrected chi connectivity index (χ4v) is 2.82. The van der Waals surface area contributed by atoms with Crippen LogP contribution in [-0.4, -0.2) is 10.9 Å². The van der Waals surface area contributed by atoms with Gasteiger partial charge in [0.25, 0.3) is 0 Å². The molecular formula is C19H15ClN2O2S. The van der Waals surface area contributed by atoms with E-state index in [-0.39, 0.29) is 5.91 Å². The summed E-state index contributed by atoms with van der Waals surface area (Å²) >= 11 is 7.33. The third-order valence-electron chi connectivity index (χ3n) is 3.26. The maximum atomic E-state index is 11.8. The van der Waals surface area contributed by atoms with Gasteiger partial charge in [-0.15, -0.1) is 11.3 Å². The molecule has 1 N–H and O–H groups in total. The van der Waals surface area contributed by atoms with Crippen LogP contribution in [0.25, 0.3) is 6.08 Å². The minimum atomic E-state index is -0.212. The van der Waals surface area contributed by atoms with E-state index in [4.69, 9.17) is 16.3 Å². The number of halogens is 1. The van der Waals surface area contributed by atoms with Crippen molar-refractivity contribution in [2.24, 2.45) is 0 Å². The second-order valence-electron chi connectivity index (χ2n) is 5.15. The summed E-state index contributed by atoms with van der Waals surface area (Å²) in [5, 5.41) is 5.77. The summed E-state index contributed by atoms with van der Waals surface area (Å²) in [6.07, 6.45) is 4.86. The van der Waals surface area contributed by atoms with Crippen molar-refractivity contribution in [1.29, 1.82) is 0 Å².